The van der Waals surface area contributed by atoms with E-state index in [4.69, 9.17) is 4.74 Å². The lowest BCUT2D eigenvalue weighted by Crippen LogP contribution is -2.34. The van der Waals surface area contributed by atoms with E-state index in [1.54, 1.807) is 11.8 Å². The summed E-state index contributed by atoms with van der Waals surface area (Å²) in [4.78, 5) is 19.0. The fraction of sp³-hybridized carbons (Fsp3) is 0.294. The summed E-state index contributed by atoms with van der Waals surface area (Å²) in [6, 6.07) is 8.06. The van der Waals surface area contributed by atoms with E-state index in [1.165, 1.54) is 5.56 Å². The molecule has 4 nitrogen and oxygen atoms in total. The van der Waals surface area contributed by atoms with Gasteiger partial charge in [0, 0.05) is 6.20 Å². The first-order valence-electron chi connectivity index (χ1n) is 7.26. The summed E-state index contributed by atoms with van der Waals surface area (Å²) >= 11 is 1.57. The SMILES string of the molecule is CCOC(=O)C1=C(C)N=C2SC=CN2[C@@H]1c1ccc(C)cc1. The Bertz CT molecular complexity index is 689. The maximum Gasteiger partial charge on any atom is 0.338 e. The summed E-state index contributed by atoms with van der Waals surface area (Å²) in [6.45, 7) is 6.10. The zero-order chi connectivity index (χ0) is 15.7. The second-order valence-corrected chi connectivity index (χ2v) is 6.11. The number of fused-ring (bicyclic) bond motifs is 1. The first-order chi connectivity index (χ1) is 10.6. The molecule has 0 saturated heterocycles. The topological polar surface area (TPSA) is 41.9 Å². The van der Waals surface area contributed by atoms with Gasteiger partial charge in [0.05, 0.1) is 23.9 Å². The van der Waals surface area contributed by atoms with Gasteiger partial charge in [0.2, 0.25) is 0 Å². The first kappa shape index (κ1) is 14.9. The van der Waals surface area contributed by atoms with Crippen molar-refractivity contribution in [1.82, 2.24) is 4.90 Å². The minimum absolute atomic E-state index is 0.182. The van der Waals surface area contributed by atoms with Crippen LogP contribution in [0.15, 0.2) is 52.1 Å². The van der Waals surface area contributed by atoms with Crippen molar-refractivity contribution in [3.63, 3.8) is 0 Å². The largest absolute Gasteiger partial charge is 0.463 e. The van der Waals surface area contributed by atoms with Gasteiger partial charge in [-0.05, 0) is 31.7 Å². The molecule has 2 aliphatic heterocycles. The quantitative estimate of drug-likeness (QED) is 0.797. The number of esters is 1. The number of ether oxygens (including phenoxy) is 1. The Morgan fingerprint density at radius 1 is 1.32 bits per heavy atom. The van der Waals surface area contributed by atoms with Crippen LogP contribution in [0.2, 0.25) is 0 Å². The predicted molar refractivity (Wildman–Crippen MR) is 89.3 cm³/mol. The Labute approximate surface area is 134 Å². The van der Waals surface area contributed by atoms with Crippen LogP contribution in [-0.2, 0) is 9.53 Å². The van der Waals surface area contributed by atoms with Crippen molar-refractivity contribution < 1.29 is 9.53 Å². The molecule has 0 fully saturated rings. The Kier molecular flexibility index (Phi) is 4.07. The van der Waals surface area contributed by atoms with Crippen LogP contribution in [0.1, 0.15) is 31.0 Å². The molecule has 3 rings (SSSR count). The Morgan fingerprint density at radius 2 is 2.05 bits per heavy atom. The van der Waals surface area contributed by atoms with Gasteiger partial charge in [-0.1, -0.05) is 41.6 Å². The summed E-state index contributed by atoms with van der Waals surface area (Å²) in [6.07, 6.45) is 1.97. The number of allylic oxidation sites excluding steroid dienone is 1. The average molecular weight is 314 g/mol. The van der Waals surface area contributed by atoms with Gasteiger partial charge >= 0.3 is 5.97 Å². The number of benzene rings is 1. The lowest BCUT2D eigenvalue weighted by atomic mass is 9.94. The van der Waals surface area contributed by atoms with E-state index in [1.807, 2.05) is 30.4 Å². The Morgan fingerprint density at radius 3 is 2.73 bits per heavy atom. The van der Waals surface area contributed by atoms with Gasteiger partial charge < -0.3 is 9.64 Å². The zero-order valence-corrected chi connectivity index (χ0v) is 13.7. The van der Waals surface area contributed by atoms with E-state index < -0.39 is 0 Å². The van der Waals surface area contributed by atoms with Crippen LogP contribution >= 0.6 is 11.8 Å². The maximum atomic E-state index is 12.4. The molecule has 22 heavy (non-hydrogen) atoms. The lowest BCUT2D eigenvalue weighted by molar-refractivity contribution is -0.139. The minimum atomic E-state index is -0.293. The van der Waals surface area contributed by atoms with E-state index in [0.717, 1.165) is 16.4 Å². The van der Waals surface area contributed by atoms with Crippen molar-refractivity contribution in [2.45, 2.75) is 26.8 Å². The van der Waals surface area contributed by atoms with E-state index in [9.17, 15) is 4.79 Å². The lowest BCUT2D eigenvalue weighted by Gasteiger charge is -2.33. The molecule has 1 aromatic rings. The molecule has 0 amide bonds. The second-order valence-electron chi connectivity index (χ2n) is 5.24. The van der Waals surface area contributed by atoms with Crippen molar-refractivity contribution in [2.75, 3.05) is 6.61 Å². The van der Waals surface area contributed by atoms with Crippen LogP contribution < -0.4 is 0 Å². The summed E-state index contributed by atoms with van der Waals surface area (Å²) in [5.74, 6) is -0.293. The van der Waals surface area contributed by atoms with Crippen LogP contribution in [0.4, 0.5) is 0 Å². The molecule has 2 heterocycles. The second kappa shape index (κ2) is 6.01. The number of rotatable bonds is 3. The highest BCUT2D eigenvalue weighted by Gasteiger charge is 2.37. The van der Waals surface area contributed by atoms with Gasteiger partial charge in [-0.25, -0.2) is 9.79 Å². The van der Waals surface area contributed by atoms with Crippen LogP contribution in [0.5, 0.6) is 0 Å². The summed E-state index contributed by atoms with van der Waals surface area (Å²) in [5.41, 5.74) is 3.60. The van der Waals surface area contributed by atoms with Gasteiger partial charge in [0.1, 0.15) is 0 Å². The Hall–Kier alpha value is -2.01. The highest BCUT2D eigenvalue weighted by Crippen LogP contribution is 2.40. The molecule has 0 bridgehead atoms. The number of hydrogen-bond acceptors (Lipinski definition) is 5. The standard InChI is InChI=1S/C17H18N2O2S/c1-4-21-16(20)14-12(3)18-17-19(9-10-22-17)15(14)13-7-5-11(2)6-8-13/h5-10,15H,4H2,1-3H3/t15-/m1/s1. The molecule has 114 valence electrons. The molecule has 0 spiro atoms. The molecule has 2 aliphatic rings. The van der Waals surface area contributed by atoms with Crippen molar-refractivity contribution in [2.24, 2.45) is 4.99 Å². The van der Waals surface area contributed by atoms with Crippen LogP contribution in [0, 0.1) is 6.92 Å². The third-order valence-corrected chi connectivity index (χ3v) is 4.48. The molecule has 1 atom stereocenters. The number of aliphatic imine (C=N–C) groups is 1. The average Bonchev–Trinajstić information content (AvgIpc) is 2.94. The van der Waals surface area contributed by atoms with Crippen LogP contribution in [0.25, 0.3) is 0 Å². The maximum absolute atomic E-state index is 12.4. The molecular weight excluding hydrogens is 296 g/mol. The normalized spacial score (nSPS) is 20.0. The van der Waals surface area contributed by atoms with Crippen LogP contribution in [0.3, 0.4) is 0 Å². The van der Waals surface area contributed by atoms with Crippen molar-refractivity contribution in [3.05, 3.63) is 58.3 Å². The summed E-state index contributed by atoms with van der Waals surface area (Å²) in [7, 11) is 0. The molecule has 0 unspecified atom stereocenters. The highest BCUT2D eigenvalue weighted by atomic mass is 32.2. The minimum Gasteiger partial charge on any atom is -0.463 e. The molecule has 0 saturated carbocycles. The third kappa shape index (κ3) is 2.57. The fourth-order valence-electron chi connectivity index (χ4n) is 2.65. The van der Waals surface area contributed by atoms with E-state index in [-0.39, 0.29) is 12.0 Å². The zero-order valence-electron chi connectivity index (χ0n) is 12.9. The fourth-order valence-corrected chi connectivity index (χ4v) is 3.44. The van der Waals surface area contributed by atoms with Crippen molar-refractivity contribution >= 4 is 22.9 Å². The smallest absolute Gasteiger partial charge is 0.338 e. The highest BCUT2D eigenvalue weighted by molar-refractivity contribution is 8.16. The molecule has 0 radical (unpaired) electrons. The molecule has 5 heteroatoms. The van der Waals surface area contributed by atoms with Gasteiger partial charge in [0.25, 0.3) is 0 Å². The predicted octanol–water partition coefficient (Wildman–Crippen LogP) is 3.76. The monoisotopic (exact) mass is 314 g/mol. The summed E-state index contributed by atoms with van der Waals surface area (Å²) < 4.78 is 5.25. The molecule has 0 aromatic heterocycles. The number of hydrogen-bond donors (Lipinski definition) is 0. The molecule has 0 aliphatic carbocycles. The molecular formula is C17H18N2O2S. The van der Waals surface area contributed by atoms with Gasteiger partial charge in [-0.2, -0.15) is 0 Å². The number of carbonyl (C=O) groups excluding carboxylic acids is 1. The summed E-state index contributed by atoms with van der Waals surface area (Å²) in [5, 5.41) is 2.89. The first-order valence-corrected chi connectivity index (χ1v) is 8.14. The number of thioether (sulfide) groups is 1. The molecule has 1 aromatic carbocycles. The number of carbonyl (C=O) groups is 1. The van der Waals surface area contributed by atoms with E-state index >= 15 is 0 Å². The third-order valence-electron chi connectivity index (χ3n) is 3.71. The Balaban J connectivity index is 2.09. The van der Waals surface area contributed by atoms with E-state index in [2.05, 4.69) is 36.2 Å². The number of aryl methyl sites for hydroxylation is 1. The van der Waals surface area contributed by atoms with Gasteiger partial charge in [-0.15, -0.1) is 0 Å². The molecule has 0 N–H and O–H groups in total. The van der Waals surface area contributed by atoms with Crippen LogP contribution in [-0.4, -0.2) is 22.6 Å². The van der Waals surface area contributed by atoms with Crippen molar-refractivity contribution in [3.8, 4) is 0 Å². The van der Waals surface area contributed by atoms with Gasteiger partial charge in [0.15, 0.2) is 5.17 Å². The van der Waals surface area contributed by atoms with E-state index in [0.29, 0.717) is 12.2 Å². The van der Waals surface area contributed by atoms with Crippen molar-refractivity contribution in [1.29, 1.82) is 0 Å². The number of nitrogens with zero attached hydrogens (tertiary/aromatic N) is 2. The van der Waals surface area contributed by atoms with Gasteiger partial charge in [-0.3, -0.25) is 0 Å². The number of amidine groups is 1.